The van der Waals surface area contributed by atoms with Gasteiger partial charge < -0.3 is 10.5 Å². The molecule has 0 aromatic carbocycles. The molecule has 0 spiro atoms. The Kier molecular flexibility index (Phi) is 3.37. The minimum absolute atomic E-state index is 0.0889. The van der Waals surface area contributed by atoms with Crippen molar-refractivity contribution >= 4 is 11.9 Å². The number of esters is 1. The summed E-state index contributed by atoms with van der Waals surface area (Å²) in [6.45, 7) is 5.69. The molecule has 4 nitrogen and oxygen atoms in total. The maximum absolute atomic E-state index is 11.4. The summed E-state index contributed by atoms with van der Waals surface area (Å²) in [7, 11) is 0. The molecule has 0 aromatic heterocycles. The van der Waals surface area contributed by atoms with Gasteiger partial charge in [0.25, 0.3) is 0 Å². The molecular weight excluding hydrogens is 194 g/mol. The number of hydrogen-bond donors (Lipinski definition) is 1. The van der Waals surface area contributed by atoms with Crippen LogP contribution in [0.2, 0.25) is 0 Å². The minimum Gasteiger partial charge on any atom is -0.462 e. The SMILES string of the molecule is CC(C)(C)[C@H](CC(=O)OC1CC1)C(N)=O. The molecule has 1 atom stereocenters. The molecule has 2 N–H and O–H groups in total. The van der Waals surface area contributed by atoms with E-state index in [2.05, 4.69) is 0 Å². The van der Waals surface area contributed by atoms with E-state index >= 15 is 0 Å². The standard InChI is InChI=1S/C11H19NO3/c1-11(2,3)8(10(12)14)6-9(13)15-7-4-5-7/h7-8H,4-6H2,1-3H3,(H2,12,14)/t8-/m1/s1. The second-order valence-corrected chi connectivity index (χ2v) is 5.21. The number of rotatable bonds is 4. The first-order valence-corrected chi connectivity index (χ1v) is 5.29. The van der Waals surface area contributed by atoms with Crippen molar-refractivity contribution in [3.05, 3.63) is 0 Å². The van der Waals surface area contributed by atoms with Gasteiger partial charge in [0.15, 0.2) is 0 Å². The molecule has 1 aliphatic carbocycles. The highest BCUT2D eigenvalue weighted by Crippen LogP contribution is 2.30. The summed E-state index contributed by atoms with van der Waals surface area (Å²) >= 11 is 0. The van der Waals surface area contributed by atoms with Gasteiger partial charge >= 0.3 is 5.97 Å². The third-order valence-corrected chi connectivity index (χ3v) is 2.58. The smallest absolute Gasteiger partial charge is 0.306 e. The van der Waals surface area contributed by atoms with Crippen LogP contribution in [0.4, 0.5) is 0 Å². The van der Waals surface area contributed by atoms with Crippen LogP contribution < -0.4 is 5.73 Å². The van der Waals surface area contributed by atoms with Crippen LogP contribution in [-0.2, 0) is 14.3 Å². The first-order valence-electron chi connectivity index (χ1n) is 5.29. The van der Waals surface area contributed by atoms with Gasteiger partial charge in [-0.25, -0.2) is 0 Å². The first kappa shape index (κ1) is 12.0. The molecule has 0 unspecified atom stereocenters. The number of carbonyl (C=O) groups is 2. The molecule has 1 fully saturated rings. The van der Waals surface area contributed by atoms with Crippen LogP contribution in [0.15, 0.2) is 0 Å². The van der Waals surface area contributed by atoms with E-state index in [1.807, 2.05) is 20.8 Å². The summed E-state index contributed by atoms with van der Waals surface area (Å²) in [5.41, 5.74) is 4.97. The van der Waals surface area contributed by atoms with E-state index < -0.39 is 11.8 Å². The van der Waals surface area contributed by atoms with Crippen molar-refractivity contribution in [2.45, 2.75) is 46.1 Å². The van der Waals surface area contributed by atoms with Crippen LogP contribution >= 0.6 is 0 Å². The fourth-order valence-corrected chi connectivity index (χ4v) is 1.42. The molecule has 15 heavy (non-hydrogen) atoms. The lowest BCUT2D eigenvalue weighted by atomic mass is 9.78. The van der Waals surface area contributed by atoms with Crippen LogP contribution in [0.3, 0.4) is 0 Å². The van der Waals surface area contributed by atoms with Crippen LogP contribution in [0.5, 0.6) is 0 Å². The Bertz CT molecular complexity index is 263. The Morgan fingerprint density at radius 3 is 2.27 bits per heavy atom. The molecule has 1 rings (SSSR count). The van der Waals surface area contributed by atoms with E-state index in [1.165, 1.54) is 0 Å². The molecule has 0 saturated heterocycles. The predicted octanol–water partition coefficient (Wildman–Crippen LogP) is 1.23. The Labute approximate surface area is 90.2 Å². The van der Waals surface area contributed by atoms with Crippen molar-refractivity contribution in [2.24, 2.45) is 17.1 Å². The van der Waals surface area contributed by atoms with Crippen LogP contribution in [0, 0.1) is 11.3 Å². The van der Waals surface area contributed by atoms with Gasteiger partial charge in [-0.05, 0) is 18.3 Å². The summed E-state index contributed by atoms with van der Waals surface area (Å²) in [5, 5.41) is 0. The molecule has 1 aliphatic rings. The van der Waals surface area contributed by atoms with E-state index in [1.54, 1.807) is 0 Å². The number of nitrogens with two attached hydrogens (primary N) is 1. The van der Waals surface area contributed by atoms with Crippen molar-refractivity contribution in [1.29, 1.82) is 0 Å². The maximum atomic E-state index is 11.4. The minimum atomic E-state index is -0.455. The Balaban J connectivity index is 2.49. The molecule has 0 aromatic rings. The summed E-state index contributed by atoms with van der Waals surface area (Å²) in [5.74, 6) is -1.20. The van der Waals surface area contributed by atoms with Gasteiger partial charge in [-0.3, -0.25) is 9.59 Å². The van der Waals surface area contributed by atoms with E-state index in [4.69, 9.17) is 10.5 Å². The van der Waals surface area contributed by atoms with Gasteiger partial charge in [0.2, 0.25) is 5.91 Å². The Morgan fingerprint density at radius 1 is 1.40 bits per heavy atom. The number of ether oxygens (including phenoxy) is 1. The molecule has 4 heteroatoms. The lowest BCUT2D eigenvalue weighted by Gasteiger charge is -2.27. The topological polar surface area (TPSA) is 69.4 Å². The van der Waals surface area contributed by atoms with Gasteiger partial charge in [-0.2, -0.15) is 0 Å². The second kappa shape index (κ2) is 4.21. The summed E-state index contributed by atoms with van der Waals surface area (Å²) in [6, 6.07) is 0. The molecule has 0 aliphatic heterocycles. The number of carbonyl (C=O) groups excluding carboxylic acids is 2. The van der Waals surface area contributed by atoms with Gasteiger partial charge in [0.05, 0.1) is 12.3 Å². The molecule has 0 bridgehead atoms. The summed E-state index contributed by atoms with van der Waals surface area (Å²) in [4.78, 5) is 22.6. The Hall–Kier alpha value is -1.06. The zero-order valence-electron chi connectivity index (χ0n) is 9.58. The highest BCUT2D eigenvalue weighted by atomic mass is 16.5. The highest BCUT2D eigenvalue weighted by Gasteiger charge is 2.34. The van der Waals surface area contributed by atoms with Crippen LogP contribution in [0.25, 0.3) is 0 Å². The fourth-order valence-electron chi connectivity index (χ4n) is 1.42. The van der Waals surface area contributed by atoms with Crippen molar-refractivity contribution in [3.63, 3.8) is 0 Å². The lowest BCUT2D eigenvalue weighted by Crippen LogP contribution is -2.36. The number of hydrogen-bond acceptors (Lipinski definition) is 3. The van der Waals surface area contributed by atoms with Gasteiger partial charge in [0.1, 0.15) is 6.10 Å². The second-order valence-electron chi connectivity index (χ2n) is 5.21. The largest absolute Gasteiger partial charge is 0.462 e. The Morgan fingerprint density at radius 2 is 1.93 bits per heavy atom. The van der Waals surface area contributed by atoms with Crippen molar-refractivity contribution < 1.29 is 14.3 Å². The summed E-state index contributed by atoms with van der Waals surface area (Å²) in [6.07, 6.45) is 2.08. The number of amides is 1. The molecule has 86 valence electrons. The molecule has 0 heterocycles. The number of primary amides is 1. The average molecular weight is 213 g/mol. The average Bonchev–Trinajstić information content (AvgIpc) is 2.81. The quantitative estimate of drug-likeness (QED) is 0.714. The van der Waals surface area contributed by atoms with Gasteiger partial charge in [-0.1, -0.05) is 20.8 Å². The highest BCUT2D eigenvalue weighted by molar-refractivity contribution is 5.83. The van der Waals surface area contributed by atoms with Gasteiger partial charge in [-0.15, -0.1) is 0 Å². The molecule has 1 saturated carbocycles. The lowest BCUT2D eigenvalue weighted by molar-refractivity contribution is -0.149. The van der Waals surface area contributed by atoms with Crippen molar-refractivity contribution in [1.82, 2.24) is 0 Å². The van der Waals surface area contributed by atoms with Gasteiger partial charge in [0, 0.05) is 0 Å². The van der Waals surface area contributed by atoms with Crippen LogP contribution in [0.1, 0.15) is 40.0 Å². The third kappa shape index (κ3) is 3.90. The van der Waals surface area contributed by atoms with E-state index in [9.17, 15) is 9.59 Å². The zero-order chi connectivity index (χ0) is 11.6. The predicted molar refractivity (Wildman–Crippen MR) is 55.9 cm³/mol. The zero-order valence-corrected chi connectivity index (χ0v) is 9.58. The molecule has 0 radical (unpaired) electrons. The monoisotopic (exact) mass is 213 g/mol. The van der Waals surface area contributed by atoms with Crippen LogP contribution in [-0.4, -0.2) is 18.0 Å². The molecule has 1 amide bonds. The molecular formula is C11H19NO3. The van der Waals surface area contributed by atoms with E-state index in [0.717, 1.165) is 12.8 Å². The first-order chi connectivity index (χ1) is 6.80. The normalized spacial score (nSPS) is 18.3. The van der Waals surface area contributed by atoms with Crippen molar-refractivity contribution in [2.75, 3.05) is 0 Å². The maximum Gasteiger partial charge on any atom is 0.306 e. The van der Waals surface area contributed by atoms with E-state index in [0.29, 0.717) is 0 Å². The fraction of sp³-hybridized carbons (Fsp3) is 0.818. The van der Waals surface area contributed by atoms with E-state index in [-0.39, 0.29) is 23.9 Å². The summed E-state index contributed by atoms with van der Waals surface area (Å²) < 4.78 is 5.09. The third-order valence-electron chi connectivity index (χ3n) is 2.58. The van der Waals surface area contributed by atoms with Crippen molar-refractivity contribution in [3.8, 4) is 0 Å².